The lowest BCUT2D eigenvalue weighted by molar-refractivity contribution is 0.627. The molecule has 1 aromatic carbocycles. The van der Waals surface area contributed by atoms with Gasteiger partial charge in [-0.15, -0.1) is 0 Å². The quantitative estimate of drug-likeness (QED) is 0.842. The molecule has 16 heavy (non-hydrogen) atoms. The number of hydrogen-bond acceptors (Lipinski definition) is 3. The molecular weight excluding hydrogens is 343 g/mol. The Morgan fingerprint density at radius 3 is 2.81 bits per heavy atom. The van der Waals surface area contributed by atoms with E-state index in [0.29, 0.717) is 11.0 Å². The second-order valence-corrected chi connectivity index (χ2v) is 4.53. The second-order valence-electron chi connectivity index (χ2n) is 2.98. The lowest BCUT2D eigenvalue weighted by atomic mass is 10.3. The summed E-state index contributed by atoms with van der Waals surface area (Å²) in [5, 5.41) is 3.32. The van der Waals surface area contributed by atoms with Crippen molar-refractivity contribution in [1.82, 2.24) is 9.97 Å². The summed E-state index contributed by atoms with van der Waals surface area (Å²) in [4.78, 5) is 7.92. The number of nitrogens with one attached hydrogen (secondary N) is 1. The first-order valence-corrected chi connectivity index (χ1v) is 5.80. The van der Waals surface area contributed by atoms with Gasteiger partial charge in [0.2, 0.25) is 0 Å². The third kappa shape index (κ3) is 2.79. The minimum Gasteiger partial charge on any atom is -0.338 e. The van der Waals surface area contributed by atoms with Crippen molar-refractivity contribution >= 4 is 45.7 Å². The van der Waals surface area contributed by atoms with Gasteiger partial charge in [-0.3, -0.25) is 4.98 Å². The molecule has 0 saturated carbocycles. The van der Waals surface area contributed by atoms with Crippen LogP contribution in [0.15, 0.2) is 30.6 Å². The lowest BCUT2D eigenvalue weighted by Gasteiger charge is -2.07. The predicted molar refractivity (Wildman–Crippen MR) is 69.4 cm³/mol. The van der Waals surface area contributed by atoms with E-state index in [0.717, 1.165) is 9.26 Å². The molecule has 0 fully saturated rings. The Kier molecular flexibility index (Phi) is 3.55. The van der Waals surface area contributed by atoms with Gasteiger partial charge in [-0.25, -0.2) is 9.37 Å². The zero-order valence-corrected chi connectivity index (χ0v) is 10.8. The zero-order chi connectivity index (χ0) is 11.5. The van der Waals surface area contributed by atoms with Crippen molar-refractivity contribution in [2.45, 2.75) is 0 Å². The molecule has 0 amide bonds. The maximum atomic E-state index is 12.9. The SMILES string of the molecule is Fc1ccc(Nc2cncc(Cl)n2)c(I)c1. The van der Waals surface area contributed by atoms with Gasteiger partial charge in [0.1, 0.15) is 11.0 Å². The summed E-state index contributed by atoms with van der Waals surface area (Å²) in [6.07, 6.45) is 2.99. The fraction of sp³-hybridized carbons (Fsp3) is 0. The highest BCUT2D eigenvalue weighted by molar-refractivity contribution is 14.1. The normalized spacial score (nSPS) is 10.2. The molecule has 3 nitrogen and oxygen atoms in total. The first-order valence-electron chi connectivity index (χ1n) is 4.35. The van der Waals surface area contributed by atoms with E-state index in [1.165, 1.54) is 18.3 Å². The summed E-state index contributed by atoms with van der Waals surface area (Å²) in [6, 6.07) is 4.45. The van der Waals surface area contributed by atoms with Crippen molar-refractivity contribution in [2.24, 2.45) is 0 Å². The van der Waals surface area contributed by atoms with Crippen molar-refractivity contribution in [1.29, 1.82) is 0 Å². The average Bonchev–Trinajstić information content (AvgIpc) is 2.22. The van der Waals surface area contributed by atoms with Gasteiger partial charge in [-0.1, -0.05) is 11.6 Å². The maximum absolute atomic E-state index is 12.9. The molecule has 6 heteroatoms. The predicted octanol–water partition coefficient (Wildman–Crippen LogP) is 3.62. The van der Waals surface area contributed by atoms with Crippen molar-refractivity contribution in [3.8, 4) is 0 Å². The zero-order valence-electron chi connectivity index (χ0n) is 7.92. The molecule has 1 N–H and O–H groups in total. The van der Waals surface area contributed by atoms with Gasteiger partial charge >= 0.3 is 0 Å². The molecule has 0 aliphatic carbocycles. The molecule has 2 aromatic rings. The molecule has 82 valence electrons. The Morgan fingerprint density at radius 1 is 1.31 bits per heavy atom. The van der Waals surface area contributed by atoms with Crippen molar-refractivity contribution in [2.75, 3.05) is 5.32 Å². The van der Waals surface area contributed by atoms with E-state index in [9.17, 15) is 4.39 Å². The molecule has 0 spiro atoms. The molecule has 0 aliphatic heterocycles. The Labute approximate surface area is 110 Å². The molecule has 1 heterocycles. The molecular formula is C10H6ClFIN3. The van der Waals surface area contributed by atoms with E-state index >= 15 is 0 Å². The molecule has 0 bridgehead atoms. The fourth-order valence-electron chi connectivity index (χ4n) is 1.13. The minimum atomic E-state index is -0.271. The highest BCUT2D eigenvalue weighted by Gasteiger charge is 2.03. The molecule has 0 atom stereocenters. The monoisotopic (exact) mass is 349 g/mol. The Hall–Kier alpha value is -0.950. The van der Waals surface area contributed by atoms with Crippen molar-refractivity contribution in [3.63, 3.8) is 0 Å². The first kappa shape index (κ1) is 11.5. The Morgan fingerprint density at radius 2 is 2.12 bits per heavy atom. The average molecular weight is 350 g/mol. The highest BCUT2D eigenvalue weighted by atomic mass is 127. The summed E-state index contributed by atoms with van der Waals surface area (Å²) in [7, 11) is 0. The molecule has 0 unspecified atom stereocenters. The fourth-order valence-corrected chi connectivity index (χ4v) is 1.89. The molecule has 0 radical (unpaired) electrons. The number of nitrogens with zero attached hydrogens (tertiary/aromatic N) is 2. The molecule has 0 aliphatic rings. The summed E-state index contributed by atoms with van der Waals surface area (Å²) in [5.41, 5.74) is 0.763. The minimum absolute atomic E-state index is 0.271. The maximum Gasteiger partial charge on any atom is 0.150 e. The van der Waals surface area contributed by atoms with Gasteiger partial charge < -0.3 is 5.32 Å². The van der Waals surface area contributed by atoms with Crippen LogP contribution < -0.4 is 5.32 Å². The molecule has 2 rings (SSSR count). The van der Waals surface area contributed by atoms with Crippen LogP contribution in [0.25, 0.3) is 0 Å². The number of rotatable bonds is 2. The van der Waals surface area contributed by atoms with Crippen molar-refractivity contribution < 1.29 is 4.39 Å². The van der Waals surface area contributed by atoms with Crippen LogP contribution in [-0.2, 0) is 0 Å². The van der Waals surface area contributed by atoms with Crippen LogP contribution in [-0.4, -0.2) is 9.97 Å². The van der Waals surface area contributed by atoms with E-state index in [4.69, 9.17) is 11.6 Å². The summed E-state index contributed by atoms with van der Waals surface area (Å²) in [5.74, 6) is 0.254. The van der Waals surface area contributed by atoms with Gasteiger partial charge in [0.05, 0.1) is 18.1 Å². The van der Waals surface area contributed by atoms with E-state index in [1.54, 1.807) is 12.3 Å². The van der Waals surface area contributed by atoms with Crippen LogP contribution in [0, 0.1) is 9.39 Å². The van der Waals surface area contributed by atoms with Gasteiger partial charge in [0.15, 0.2) is 5.82 Å². The third-order valence-corrected chi connectivity index (χ3v) is 2.87. The first-order chi connectivity index (χ1) is 7.65. The van der Waals surface area contributed by atoms with Crippen LogP contribution in [0.3, 0.4) is 0 Å². The topological polar surface area (TPSA) is 37.8 Å². The van der Waals surface area contributed by atoms with Gasteiger partial charge in [-0.05, 0) is 40.8 Å². The van der Waals surface area contributed by atoms with Gasteiger partial charge in [0.25, 0.3) is 0 Å². The van der Waals surface area contributed by atoms with Gasteiger partial charge in [0, 0.05) is 3.57 Å². The number of halogens is 3. The summed E-state index contributed by atoms with van der Waals surface area (Å²) in [6.45, 7) is 0. The second kappa shape index (κ2) is 4.92. The van der Waals surface area contributed by atoms with E-state index in [-0.39, 0.29) is 5.82 Å². The smallest absolute Gasteiger partial charge is 0.150 e. The Bertz CT molecular complexity index is 521. The number of aromatic nitrogens is 2. The lowest BCUT2D eigenvalue weighted by Crippen LogP contribution is -1.96. The van der Waals surface area contributed by atoms with E-state index in [2.05, 4.69) is 15.3 Å². The molecule has 0 saturated heterocycles. The van der Waals surface area contributed by atoms with Crippen LogP contribution in [0.1, 0.15) is 0 Å². The van der Waals surface area contributed by atoms with E-state index in [1.807, 2.05) is 22.6 Å². The standard InChI is InChI=1S/C10H6ClFIN3/c11-9-4-14-5-10(16-9)15-8-2-1-6(12)3-7(8)13/h1-5H,(H,15,16). The third-order valence-electron chi connectivity index (χ3n) is 1.80. The van der Waals surface area contributed by atoms with Crippen molar-refractivity contribution in [3.05, 3.63) is 45.1 Å². The summed E-state index contributed by atoms with van der Waals surface area (Å²) >= 11 is 7.74. The van der Waals surface area contributed by atoms with E-state index < -0.39 is 0 Å². The van der Waals surface area contributed by atoms with Gasteiger partial charge in [-0.2, -0.15) is 0 Å². The van der Waals surface area contributed by atoms with Crippen LogP contribution >= 0.6 is 34.2 Å². The van der Waals surface area contributed by atoms with Crippen LogP contribution in [0.2, 0.25) is 5.15 Å². The summed E-state index contributed by atoms with van der Waals surface area (Å²) < 4.78 is 13.6. The highest BCUT2D eigenvalue weighted by Crippen LogP contribution is 2.22. The number of anilines is 2. The number of benzene rings is 1. The number of hydrogen-bond donors (Lipinski definition) is 1. The Balaban J connectivity index is 2.27. The molecule has 1 aromatic heterocycles. The van der Waals surface area contributed by atoms with Crippen LogP contribution in [0.5, 0.6) is 0 Å². The van der Waals surface area contributed by atoms with Crippen LogP contribution in [0.4, 0.5) is 15.9 Å². The largest absolute Gasteiger partial charge is 0.338 e.